The third kappa shape index (κ3) is 2.70. The summed E-state index contributed by atoms with van der Waals surface area (Å²) in [6.45, 7) is 3.27. The Labute approximate surface area is 111 Å². The Morgan fingerprint density at radius 2 is 2.24 bits per heavy atom. The van der Waals surface area contributed by atoms with Gasteiger partial charge in [-0.05, 0) is 40.6 Å². The summed E-state index contributed by atoms with van der Waals surface area (Å²) in [5, 5.41) is 6.39. The number of aromatic nitrogens is 2. The number of halogens is 1. The second-order valence-corrected chi connectivity index (χ2v) is 5.56. The van der Waals surface area contributed by atoms with E-state index in [0.29, 0.717) is 11.4 Å². The molecule has 0 spiro atoms. The van der Waals surface area contributed by atoms with Crippen LogP contribution in [0.4, 0.5) is 11.8 Å². The van der Waals surface area contributed by atoms with Gasteiger partial charge < -0.3 is 10.6 Å². The van der Waals surface area contributed by atoms with Gasteiger partial charge in [-0.2, -0.15) is 4.98 Å². The Balaban J connectivity index is 2.02. The molecule has 1 fully saturated rings. The largest absolute Gasteiger partial charge is 0.368 e. The van der Waals surface area contributed by atoms with Crippen LogP contribution in [0.15, 0.2) is 10.7 Å². The van der Waals surface area contributed by atoms with Gasteiger partial charge in [0.25, 0.3) is 0 Å². The van der Waals surface area contributed by atoms with E-state index in [1.807, 2.05) is 7.05 Å². The van der Waals surface area contributed by atoms with Gasteiger partial charge >= 0.3 is 0 Å². The minimum atomic E-state index is 0.490. The fourth-order valence-electron chi connectivity index (χ4n) is 2.21. The SMILES string of the molecule is CCC1(CNc2nc(NC)ncc2Br)CCC1. The number of anilines is 2. The zero-order valence-corrected chi connectivity index (χ0v) is 12.0. The molecule has 0 atom stereocenters. The van der Waals surface area contributed by atoms with E-state index >= 15 is 0 Å². The van der Waals surface area contributed by atoms with Gasteiger partial charge in [0.05, 0.1) is 4.47 Å². The van der Waals surface area contributed by atoms with Gasteiger partial charge in [-0.1, -0.05) is 13.3 Å². The van der Waals surface area contributed by atoms with Gasteiger partial charge in [0.1, 0.15) is 5.82 Å². The molecular formula is C12H19BrN4. The third-order valence-corrected chi connectivity index (χ3v) is 4.34. The van der Waals surface area contributed by atoms with Crippen molar-refractivity contribution in [3.63, 3.8) is 0 Å². The molecule has 1 aromatic heterocycles. The first-order valence-electron chi connectivity index (χ1n) is 6.13. The Hall–Kier alpha value is -0.840. The van der Waals surface area contributed by atoms with Gasteiger partial charge in [0.15, 0.2) is 0 Å². The zero-order chi connectivity index (χ0) is 12.3. The lowest BCUT2D eigenvalue weighted by molar-refractivity contribution is 0.145. The minimum Gasteiger partial charge on any atom is -0.368 e. The molecular weight excluding hydrogens is 280 g/mol. The molecule has 5 heteroatoms. The van der Waals surface area contributed by atoms with Crippen molar-refractivity contribution < 1.29 is 0 Å². The molecule has 1 saturated carbocycles. The number of rotatable bonds is 5. The van der Waals surface area contributed by atoms with Crippen LogP contribution in [0.1, 0.15) is 32.6 Å². The fraction of sp³-hybridized carbons (Fsp3) is 0.667. The monoisotopic (exact) mass is 298 g/mol. The molecule has 0 unspecified atom stereocenters. The highest BCUT2D eigenvalue weighted by Gasteiger charge is 2.34. The van der Waals surface area contributed by atoms with E-state index in [0.717, 1.165) is 16.8 Å². The maximum atomic E-state index is 4.41. The second kappa shape index (κ2) is 5.21. The molecule has 0 aliphatic heterocycles. The summed E-state index contributed by atoms with van der Waals surface area (Å²) < 4.78 is 0.919. The van der Waals surface area contributed by atoms with Crippen molar-refractivity contribution >= 4 is 27.7 Å². The molecule has 0 aromatic carbocycles. The molecule has 1 aromatic rings. The van der Waals surface area contributed by atoms with Crippen LogP contribution in [-0.4, -0.2) is 23.6 Å². The number of nitrogens with one attached hydrogen (secondary N) is 2. The number of hydrogen-bond donors (Lipinski definition) is 2. The maximum absolute atomic E-state index is 4.41. The normalized spacial score (nSPS) is 17.4. The van der Waals surface area contributed by atoms with E-state index in [1.54, 1.807) is 6.20 Å². The summed E-state index contributed by atoms with van der Waals surface area (Å²) in [5.41, 5.74) is 0.490. The van der Waals surface area contributed by atoms with Crippen molar-refractivity contribution in [2.24, 2.45) is 5.41 Å². The van der Waals surface area contributed by atoms with Crippen molar-refractivity contribution in [3.05, 3.63) is 10.7 Å². The molecule has 1 heterocycles. The van der Waals surface area contributed by atoms with Crippen molar-refractivity contribution in [2.45, 2.75) is 32.6 Å². The number of nitrogens with zero attached hydrogens (tertiary/aromatic N) is 2. The Morgan fingerprint density at radius 3 is 2.76 bits per heavy atom. The molecule has 17 heavy (non-hydrogen) atoms. The number of hydrogen-bond acceptors (Lipinski definition) is 4. The predicted octanol–water partition coefficient (Wildman–Crippen LogP) is 3.27. The summed E-state index contributed by atoms with van der Waals surface area (Å²) in [6.07, 6.45) is 7.04. The Bertz CT molecular complexity index is 385. The standard InChI is InChI=1S/C12H19BrN4/c1-3-12(5-4-6-12)8-16-10-9(13)7-15-11(14-2)17-10/h7H,3-6,8H2,1-2H3,(H2,14,15,16,17). The van der Waals surface area contributed by atoms with Crippen LogP contribution in [0.5, 0.6) is 0 Å². The zero-order valence-electron chi connectivity index (χ0n) is 10.4. The Kier molecular flexibility index (Phi) is 3.86. The van der Waals surface area contributed by atoms with Crippen LogP contribution in [0, 0.1) is 5.41 Å². The molecule has 0 saturated heterocycles. The second-order valence-electron chi connectivity index (χ2n) is 4.70. The molecule has 2 rings (SSSR count). The summed E-state index contributed by atoms with van der Waals surface area (Å²) in [5.74, 6) is 1.53. The first kappa shape index (κ1) is 12.6. The highest BCUT2D eigenvalue weighted by molar-refractivity contribution is 9.10. The van der Waals surface area contributed by atoms with Gasteiger partial charge in [0, 0.05) is 19.8 Å². The van der Waals surface area contributed by atoms with Crippen LogP contribution >= 0.6 is 15.9 Å². The fourth-order valence-corrected chi connectivity index (χ4v) is 2.55. The van der Waals surface area contributed by atoms with Crippen LogP contribution in [0.25, 0.3) is 0 Å². The molecule has 94 valence electrons. The average Bonchev–Trinajstić information content (AvgIpc) is 2.30. The van der Waals surface area contributed by atoms with E-state index in [4.69, 9.17) is 0 Å². The molecule has 2 N–H and O–H groups in total. The van der Waals surface area contributed by atoms with Crippen LogP contribution in [0.3, 0.4) is 0 Å². The lowest BCUT2D eigenvalue weighted by Gasteiger charge is -2.41. The van der Waals surface area contributed by atoms with Crippen LogP contribution < -0.4 is 10.6 Å². The van der Waals surface area contributed by atoms with Crippen molar-refractivity contribution in [3.8, 4) is 0 Å². The quantitative estimate of drug-likeness (QED) is 0.876. The lowest BCUT2D eigenvalue weighted by atomic mass is 9.67. The predicted molar refractivity (Wildman–Crippen MR) is 74.3 cm³/mol. The maximum Gasteiger partial charge on any atom is 0.224 e. The molecule has 1 aliphatic carbocycles. The van der Waals surface area contributed by atoms with Gasteiger partial charge in [0.2, 0.25) is 5.95 Å². The van der Waals surface area contributed by atoms with E-state index in [-0.39, 0.29) is 0 Å². The molecule has 0 radical (unpaired) electrons. The van der Waals surface area contributed by atoms with E-state index in [2.05, 4.69) is 43.5 Å². The van der Waals surface area contributed by atoms with E-state index < -0.39 is 0 Å². The summed E-state index contributed by atoms with van der Waals surface area (Å²) >= 11 is 3.47. The highest BCUT2D eigenvalue weighted by Crippen LogP contribution is 2.43. The molecule has 0 amide bonds. The van der Waals surface area contributed by atoms with Crippen LogP contribution in [-0.2, 0) is 0 Å². The van der Waals surface area contributed by atoms with E-state index in [1.165, 1.54) is 25.7 Å². The highest BCUT2D eigenvalue weighted by atomic mass is 79.9. The topological polar surface area (TPSA) is 49.8 Å². The molecule has 4 nitrogen and oxygen atoms in total. The van der Waals surface area contributed by atoms with Crippen molar-refractivity contribution in [1.29, 1.82) is 0 Å². The van der Waals surface area contributed by atoms with Crippen molar-refractivity contribution in [1.82, 2.24) is 9.97 Å². The van der Waals surface area contributed by atoms with Crippen LogP contribution in [0.2, 0.25) is 0 Å². The molecule has 0 bridgehead atoms. The minimum absolute atomic E-state index is 0.490. The Morgan fingerprint density at radius 1 is 1.47 bits per heavy atom. The first-order chi connectivity index (χ1) is 8.19. The molecule has 1 aliphatic rings. The summed E-state index contributed by atoms with van der Waals surface area (Å²) in [7, 11) is 1.83. The summed E-state index contributed by atoms with van der Waals surface area (Å²) in [4.78, 5) is 8.55. The van der Waals surface area contributed by atoms with E-state index in [9.17, 15) is 0 Å². The van der Waals surface area contributed by atoms with Gasteiger partial charge in [-0.15, -0.1) is 0 Å². The first-order valence-corrected chi connectivity index (χ1v) is 6.92. The van der Waals surface area contributed by atoms with Gasteiger partial charge in [-0.3, -0.25) is 0 Å². The average molecular weight is 299 g/mol. The van der Waals surface area contributed by atoms with Gasteiger partial charge in [-0.25, -0.2) is 4.98 Å². The summed E-state index contributed by atoms with van der Waals surface area (Å²) in [6, 6.07) is 0. The van der Waals surface area contributed by atoms with Crippen molar-refractivity contribution in [2.75, 3.05) is 24.2 Å². The smallest absolute Gasteiger partial charge is 0.224 e. The lowest BCUT2D eigenvalue weighted by Crippen LogP contribution is -2.36. The third-order valence-electron chi connectivity index (χ3n) is 3.76.